The number of hydrogen-bond acceptors (Lipinski definition) is 2. The molecule has 1 aromatic carbocycles. The lowest BCUT2D eigenvalue weighted by atomic mass is 10.2. The molecule has 84 valence electrons. The van der Waals surface area contributed by atoms with E-state index in [1.807, 2.05) is 13.1 Å². The van der Waals surface area contributed by atoms with Crippen LogP contribution in [0.1, 0.15) is 19.4 Å². The molecule has 0 heterocycles. The third-order valence-corrected chi connectivity index (χ3v) is 3.50. The maximum absolute atomic E-state index is 13.0. The van der Waals surface area contributed by atoms with Gasteiger partial charge in [0.2, 0.25) is 0 Å². The predicted octanol–water partition coefficient (Wildman–Crippen LogP) is 3.29. The van der Waals surface area contributed by atoms with E-state index >= 15 is 0 Å². The molecule has 0 fully saturated rings. The lowest BCUT2D eigenvalue weighted by Crippen LogP contribution is -2.07. The molecule has 15 heavy (non-hydrogen) atoms. The summed E-state index contributed by atoms with van der Waals surface area (Å²) in [5.74, 6) is 1.57. The highest BCUT2D eigenvalue weighted by Gasteiger charge is 2.05. The minimum absolute atomic E-state index is 0.158. The lowest BCUT2D eigenvalue weighted by molar-refractivity contribution is 0.621. The molecular weight excluding hydrogens is 209 g/mol. The summed E-state index contributed by atoms with van der Waals surface area (Å²) >= 11 is 1.80. The molecule has 0 saturated heterocycles. The summed E-state index contributed by atoms with van der Waals surface area (Å²) in [5, 5.41) is 3.06. The summed E-state index contributed by atoms with van der Waals surface area (Å²) in [4.78, 5) is 1.18. The Bertz CT molecular complexity index is 312. The molecule has 0 amide bonds. The molecule has 0 aliphatic heterocycles. The monoisotopic (exact) mass is 227 g/mol. The first-order chi connectivity index (χ1) is 7.13. The number of thioether (sulfide) groups is 1. The number of halogens is 1. The summed E-state index contributed by atoms with van der Waals surface area (Å²) < 4.78 is 13.0. The van der Waals surface area contributed by atoms with E-state index in [1.54, 1.807) is 17.8 Å². The van der Waals surface area contributed by atoms with Crippen molar-refractivity contribution in [1.29, 1.82) is 0 Å². The predicted molar refractivity (Wildman–Crippen MR) is 64.7 cm³/mol. The number of hydrogen-bond donors (Lipinski definition) is 1. The molecule has 0 aromatic heterocycles. The quantitative estimate of drug-likeness (QED) is 0.775. The van der Waals surface area contributed by atoms with Crippen molar-refractivity contribution in [3.8, 4) is 0 Å². The van der Waals surface area contributed by atoms with E-state index in [9.17, 15) is 4.39 Å². The molecule has 0 saturated carbocycles. The van der Waals surface area contributed by atoms with Crippen LogP contribution in [-0.4, -0.2) is 12.8 Å². The molecule has 0 radical (unpaired) electrons. The van der Waals surface area contributed by atoms with Gasteiger partial charge >= 0.3 is 0 Å². The standard InChI is InChI=1S/C12H18FNS/c1-9(2)8-15-12-5-4-11(13)6-10(12)7-14-3/h4-6,9,14H,7-8H2,1-3H3. The van der Waals surface area contributed by atoms with Crippen LogP contribution in [-0.2, 0) is 6.54 Å². The van der Waals surface area contributed by atoms with Gasteiger partial charge in [-0.15, -0.1) is 11.8 Å². The summed E-state index contributed by atoms with van der Waals surface area (Å²) in [6.45, 7) is 5.10. The topological polar surface area (TPSA) is 12.0 Å². The Labute approximate surface area is 95.5 Å². The smallest absolute Gasteiger partial charge is 0.123 e. The van der Waals surface area contributed by atoms with Crippen LogP contribution in [0.25, 0.3) is 0 Å². The molecule has 1 aromatic rings. The zero-order chi connectivity index (χ0) is 11.3. The highest BCUT2D eigenvalue weighted by atomic mass is 32.2. The van der Waals surface area contributed by atoms with Gasteiger partial charge in [-0.05, 0) is 36.7 Å². The number of nitrogens with one attached hydrogen (secondary N) is 1. The Hall–Kier alpha value is -0.540. The van der Waals surface area contributed by atoms with Crippen LogP contribution in [0.15, 0.2) is 23.1 Å². The summed E-state index contributed by atoms with van der Waals surface area (Å²) in [6, 6.07) is 5.01. The van der Waals surface area contributed by atoms with E-state index in [4.69, 9.17) is 0 Å². The molecule has 0 spiro atoms. The first kappa shape index (κ1) is 12.5. The van der Waals surface area contributed by atoms with Crippen molar-refractivity contribution in [2.24, 2.45) is 5.92 Å². The van der Waals surface area contributed by atoms with Crippen LogP contribution >= 0.6 is 11.8 Å². The van der Waals surface area contributed by atoms with Crippen molar-refractivity contribution < 1.29 is 4.39 Å². The van der Waals surface area contributed by atoms with Crippen LogP contribution < -0.4 is 5.32 Å². The van der Waals surface area contributed by atoms with E-state index in [1.165, 1.54) is 11.0 Å². The Kier molecular flexibility index (Phi) is 5.12. The number of rotatable bonds is 5. The van der Waals surface area contributed by atoms with E-state index in [-0.39, 0.29) is 5.82 Å². The van der Waals surface area contributed by atoms with Crippen LogP contribution in [0.3, 0.4) is 0 Å². The van der Waals surface area contributed by atoms with Gasteiger partial charge < -0.3 is 5.32 Å². The lowest BCUT2D eigenvalue weighted by Gasteiger charge is -2.10. The van der Waals surface area contributed by atoms with Gasteiger partial charge in [0, 0.05) is 17.2 Å². The second-order valence-electron chi connectivity index (χ2n) is 3.99. The average Bonchev–Trinajstić information content (AvgIpc) is 2.17. The molecule has 0 aliphatic carbocycles. The summed E-state index contributed by atoms with van der Waals surface area (Å²) in [5.41, 5.74) is 1.04. The molecule has 1 rings (SSSR count). The highest BCUT2D eigenvalue weighted by Crippen LogP contribution is 2.25. The third-order valence-electron chi connectivity index (χ3n) is 1.96. The van der Waals surface area contributed by atoms with Crippen molar-refractivity contribution in [3.63, 3.8) is 0 Å². The second kappa shape index (κ2) is 6.13. The average molecular weight is 227 g/mol. The zero-order valence-corrected chi connectivity index (χ0v) is 10.3. The SMILES string of the molecule is CNCc1cc(F)ccc1SCC(C)C. The normalized spacial score (nSPS) is 11.0. The molecule has 3 heteroatoms. The van der Waals surface area contributed by atoms with Gasteiger partial charge in [0.1, 0.15) is 5.82 Å². The van der Waals surface area contributed by atoms with Gasteiger partial charge in [-0.2, -0.15) is 0 Å². The maximum atomic E-state index is 13.0. The van der Waals surface area contributed by atoms with Crippen LogP contribution in [0, 0.1) is 11.7 Å². The fourth-order valence-electron chi connectivity index (χ4n) is 1.27. The van der Waals surface area contributed by atoms with Gasteiger partial charge in [-0.1, -0.05) is 13.8 Å². The fourth-order valence-corrected chi connectivity index (χ4v) is 2.27. The van der Waals surface area contributed by atoms with Gasteiger partial charge in [-0.25, -0.2) is 4.39 Å². The van der Waals surface area contributed by atoms with Gasteiger partial charge in [0.15, 0.2) is 0 Å². The fraction of sp³-hybridized carbons (Fsp3) is 0.500. The van der Waals surface area contributed by atoms with E-state index in [0.717, 1.165) is 17.9 Å². The largest absolute Gasteiger partial charge is 0.316 e. The zero-order valence-electron chi connectivity index (χ0n) is 9.51. The first-order valence-corrected chi connectivity index (χ1v) is 6.18. The van der Waals surface area contributed by atoms with Crippen molar-refractivity contribution >= 4 is 11.8 Å². The van der Waals surface area contributed by atoms with Gasteiger partial charge in [0.25, 0.3) is 0 Å². The van der Waals surface area contributed by atoms with Crippen LogP contribution in [0.2, 0.25) is 0 Å². The van der Waals surface area contributed by atoms with Crippen molar-refractivity contribution in [2.75, 3.05) is 12.8 Å². The molecule has 1 nitrogen and oxygen atoms in total. The molecule has 0 bridgehead atoms. The van der Waals surface area contributed by atoms with Crippen LogP contribution in [0.5, 0.6) is 0 Å². The van der Waals surface area contributed by atoms with E-state index < -0.39 is 0 Å². The minimum atomic E-state index is -0.158. The Morgan fingerprint density at radius 2 is 2.13 bits per heavy atom. The third kappa shape index (κ3) is 4.22. The van der Waals surface area contributed by atoms with Crippen molar-refractivity contribution in [2.45, 2.75) is 25.3 Å². The second-order valence-corrected chi connectivity index (χ2v) is 5.05. The Balaban J connectivity index is 2.76. The van der Waals surface area contributed by atoms with E-state index in [0.29, 0.717) is 5.92 Å². The summed E-state index contributed by atoms with van der Waals surface area (Å²) in [7, 11) is 1.88. The number of benzene rings is 1. The van der Waals surface area contributed by atoms with Gasteiger partial charge in [0.05, 0.1) is 0 Å². The molecule has 0 atom stereocenters. The van der Waals surface area contributed by atoms with Crippen molar-refractivity contribution in [3.05, 3.63) is 29.6 Å². The Morgan fingerprint density at radius 3 is 2.73 bits per heavy atom. The highest BCUT2D eigenvalue weighted by molar-refractivity contribution is 7.99. The molecule has 0 aliphatic rings. The minimum Gasteiger partial charge on any atom is -0.316 e. The first-order valence-electron chi connectivity index (χ1n) is 5.19. The van der Waals surface area contributed by atoms with E-state index in [2.05, 4.69) is 19.2 Å². The van der Waals surface area contributed by atoms with Crippen LogP contribution in [0.4, 0.5) is 4.39 Å². The maximum Gasteiger partial charge on any atom is 0.123 e. The van der Waals surface area contributed by atoms with Crippen molar-refractivity contribution in [1.82, 2.24) is 5.32 Å². The Morgan fingerprint density at radius 1 is 1.40 bits per heavy atom. The molecule has 0 unspecified atom stereocenters. The molecule has 1 N–H and O–H groups in total. The van der Waals surface area contributed by atoms with Gasteiger partial charge in [-0.3, -0.25) is 0 Å². The summed E-state index contributed by atoms with van der Waals surface area (Å²) in [6.07, 6.45) is 0. The molecular formula is C12H18FNS.